The van der Waals surface area contributed by atoms with Gasteiger partial charge in [-0.05, 0) is 31.9 Å². The van der Waals surface area contributed by atoms with Crippen LogP contribution in [0, 0.1) is 13.8 Å². The van der Waals surface area contributed by atoms with Gasteiger partial charge in [0, 0.05) is 17.2 Å². The molecule has 0 unspecified atom stereocenters. The number of carbonyl (C=O) groups excluding carboxylic acids is 1. The van der Waals surface area contributed by atoms with E-state index in [1.54, 1.807) is 26.2 Å². The Morgan fingerprint density at radius 1 is 1.39 bits per heavy atom. The summed E-state index contributed by atoms with van der Waals surface area (Å²) in [5.41, 5.74) is 1.62. The number of methoxy groups -OCH3 is 1. The van der Waals surface area contributed by atoms with E-state index in [1.165, 1.54) is 0 Å². The van der Waals surface area contributed by atoms with E-state index in [1.807, 2.05) is 19.9 Å². The van der Waals surface area contributed by atoms with Crippen LogP contribution < -0.4 is 15.4 Å². The van der Waals surface area contributed by atoms with E-state index >= 15 is 0 Å². The first-order valence-electron chi connectivity index (χ1n) is 7.29. The van der Waals surface area contributed by atoms with Crippen molar-refractivity contribution in [3.8, 4) is 5.75 Å². The second-order valence-electron chi connectivity index (χ2n) is 5.22. The number of carbonyl (C=O) groups is 1. The fourth-order valence-electron chi connectivity index (χ4n) is 2.12. The van der Waals surface area contributed by atoms with Crippen molar-refractivity contribution < 1.29 is 14.1 Å². The summed E-state index contributed by atoms with van der Waals surface area (Å²) >= 11 is 6.10. The topological polar surface area (TPSA) is 76.4 Å². The van der Waals surface area contributed by atoms with Gasteiger partial charge in [0.15, 0.2) is 5.82 Å². The van der Waals surface area contributed by atoms with Gasteiger partial charge in [-0.2, -0.15) is 0 Å². The average molecular weight is 338 g/mol. The third-order valence-corrected chi connectivity index (χ3v) is 3.82. The van der Waals surface area contributed by atoms with Crippen LogP contribution in [0.25, 0.3) is 0 Å². The van der Waals surface area contributed by atoms with Gasteiger partial charge < -0.3 is 19.9 Å². The standard InChI is InChI=1S/C16H20ClN3O3/c1-5-12(16(21)19-15-7-10(3)23-20-15)18-13-6-9(2)11(17)8-14(13)22-4/h6-8,12,18H,5H2,1-4H3,(H,19,20,21)/t12-/m1/s1. The summed E-state index contributed by atoms with van der Waals surface area (Å²) in [5.74, 6) is 1.42. The molecule has 0 aliphatic carbocycles. The van der Waals surface area contributed by atoms with E-state index in [0.717, 1.165) is 5.56 Å². The highest BCUT2D eigenvalue weighted by atomic mass is 35.5. The Hall–Kier alpha value is -2.21. The van der Waals surface area contributed by atoms with Crippen LogP contribution in [0.1, 0.15) is 24.7 Å². The molecule has 23 heavy (non-hydrogen) atoms. The largest absolute Gasteiger partial charge is 0.495 e. The monoisotopic (exact) mass is 337 g/mol. The molecule has 0 saturated heterocycles. The summed E-state index contributed by atoms with van der Waals surface area (Å²) in [6, 6.07) is 4.81. The minimum absolute atomic E-state index is 0.199. The maximum atomic E-state index is 12.4. The summed E-state index contributed by atoms with van der Waals surface area (Å²) in [7, 11) is 1.56. The highest BCUT2D eigenvalue weighted by molar-refractivity contribution is 6.31. The van der Waals surface area contributed by atoms with Crippen LogP contribution in [-0.4, -0.2) is 24.2 Å². The van der Waals surface area contributed by atoms with Gasteiger partial charge in [-0.1, -0.05) is 23.7 Å². The minimum Gasteiger partial charge on any atom is -0.495 e. The number of anilines is 2. The first-order valence-corrected chi connectivity index (χ1v) is 7.67. The van der Waals surface area contributed by atoms with Crippen molar-refractivity contribution in [1.82, 2.24) is 5.16 Å². The van der Waals surface area contributed by atoms with Crippen molar-refractivity contribution in [1.29, 1.82) is 0 Å². The molecule has 0 aliphatic rings. The highest BCUT2D eigenvalue weighted by Gasteiger charge is 2.19. The Kier molecular flexibility index (Phi) is 5.50. The number of benzene rings is 1. The Balaban J connectivity index is 2.15. The Bertz CT molecular complexity index is 700. The van der Waals surface area contributed by atoms with Gasteiger partial charge in [-0.25, -0.2) is 0 Å². The Morgan fingerprint density at radius 2 is 2.13 bits per heavy atom. The van der Waals surface area contributed by atoms with E-state index in [4.69, 9.17) is 20.9 Å². The number of nitrogens with zero attached hydrogens (tertiary/aromatic N) is 1. The van der Waals surface area contributed by atoms with Gasteiger partial charge >= 0.3 is 0 Å². The fraction of sp³-hybridized carbons (Fsp3) is 0.375. The molecule has 6 nitrogen and oxygen atoms in total. The molecule has 0 radical (unpaired) electrons. The van der Waals surface area contributed by atoms with Gasteiger partial charge in [-0.15, -0.1) is 0 Å². The van der Waals surface area contributed by atoms with E-state index in [-0.39, 0.29) is 5.91 Å². The molecule has 1 atom stereocenters. The zero-order chi connectivity index (χ0) is 17.0. The number of rotatable bonds is 6. The van der Waals surface area contributed by atoms with Crippen LogP contribution in [0.2, 0.25) is 5.02 Å². The van der Waals surface area contributed by atoms with Crippen molar-refractivity contribution in [2.75, 3.05) is 17.7 Å². The van der Waals surface area contributed by atoms with Gasteiger partial charge in [0.2, 0.25) is 5.91 Å². The second-order valence-corrected chi connectivity index (χ2v) is 5.63. The molecule has 0 aliphatic heterocycles. The number of nitrogens with one attached hydrogen (secondary N) is 2. The zero-order valence-corrected chi connectivity index (χ0v) is 14.3. The van der Waals surface area contributed by atoms with Crippen LogP contribution in [0.15, 0.2) is 22.7 Å². The van der Waals surface area contributed by atoms with Crippen molar-refractivity contribution in [2.24, 2.45) is 0 Å². The lowest BCUT2D eigenvalue weighted by Gasteiger charge is -2.19. The predicted molar refractivity (Wildman–Crippen MR) is 90.3 cm³/mol. The van der Waals surface area contributed by atoms with Gasteiger partial charge in [0.25, 0.3) is 0 Å². The van der Waals surface area contributed by atoms with E-state index < -0.39 is 6.04 Å². The molecule has 0 bridgehead atoms. The van der Waals surface area contributed by atoms with Crippen LogP contribution in [0.3, 0.4) is 0 Å². The predicted octanol–water partition coefficient (Wildman–Crippen LogP) is 3.78. The first-order chi connectivity index (χ1) is 10.9. The molecule has 0 saturated carbocycles. The summed E-state index contributed by atoms with van der Waals surface area (Å²) in [6.07, 6.45) is 0.591. The SMILES string of the molecule is CC[C@@H](Nc1cc(C)c(Cl)cc1OC)C(=O)Nc1cc(C)on1. The summed E-state index contributed by atoms with van der Waals surface area (Å²) in [5, 5.41) is 10.3. The van der Waals surface area contributed by atoms with Crippen LogP contribution in [-0.2, 0) is 4.79 Å². The van der Waals surface area contributed by atoms with Crippen molar-refractivity contribution >= 4 is 29.0 Å². The molecule has 1 aromatic heterocycles. The lowest BCUT2D eigenvalue weighted by atomic mass is 10.1. The number of amides is 1. The summed E-state index contributed by atoms with van der Waals surface area (Å²) < 4.78 is 10.3. The molecule has 1 amide bonds. The third kappa shape index (κ3) is 4.16. The minimum atomic E-state index is -0.443. The second kappa shape index (κ2) is 7.37. The van der Waals surface area contributed by atoms with E-state index in [9.17, 15) is 4.79 Å². The molecule has 2 aromatic rings. The van der Waals surface area contributed by atoms with Crippen molar-refractivity contribution in [3.63, 3.8) is 0 Å². The van der Waals surface area contributed by atoms with Crippen LogP contribution >= 0.6 is 11.6 Å². The van der Waals surface area contributed by atoms with Crippen LogP contribution in [0.4, 0.5) is 11.5 Å². The van der Waals surface area contributed by atoms with Gasteiger partial charge in [0.1, 0.15) is 17.6 Å². The van der Waals surface area contributed by atoms with Gasteiger partial charge in [0.05, 0.1) is 12.8 Å². The molecule has 124 valence electrons. The Labute approximate surface area is 140 Å². The molecule has 1 heterocycles. The van der Waals surface area contributed by atoms with Crippen LogP contribution in [0.5, 0.6) is 5.75 Å². The van der Waals surface area contributed by atoms with Crippen molar-refractivity contribution in [2.45, 2.75) is 33.2 Å². The van der Waals surface area contributed by atoms with Gasteiger partial charge in [-0.3, -0.25) is 4.79 Å². The molecule has 7 heteroatoms. The molecular weight excluding hydrogens is 318 g/mol. The molecule has 0 fully saturated rings. The highest BCUT2D eigenvalue weighted by Crippen LogP contribution is 2.31. The van der Waals surface area contributed by atoms with E-state index in [0.29, 0.717) is 34.5 Å². The van der Waals surface area contributed by atoms with E-state index in [2.05, 4.69) is 15.8 Å². The number of hydrogen-bond donors (Lipinski definition) is 2. The Morgan fingerprint density at radius 3 is 2.70 bits per heavy atom. The number of halogens is 1. The van der Waals surface area contributed by atoms with Crippen molar-refractivity contribution in [3.05, 3.63) is 34.5 Å². The summed E-state index contributed by atoms with van der Waals surface area (Å²) in [6.45, 7) is 5.58. The smallest absolute Gasteiger partial charge is 0.248 e. The number of hydrogen-bond acceptors (Lipinski definition) is 5. The quantitative estimate of drug-likeness (QED) is 0.838. The molecular formula is C16H20ClN3O3. The maximum Gasteiger partial charge on any atom is 0.248 e. The number of ether oxygens (including phenoxy) is 1. The number of aryl methyl sites for hydroxylation is 2. The number of aromatic nitrogens is 1. The molecule has 0 spiro atoms. The normalized spacial score (nSPS) is 11.9. The lowest BCUT2D eigenvalue weighted by molar-refractivity contribution is -0.117. The summed E-state index contributed by atoms with van der Waals surface area (Å²) in [4.78, 5) is 12.4. The molecule has 2 N–H and O–H groups in total. The molecule has 2 rings (SSSR count). The molecule has 1 aromatic carbocycles. The maximum absolute atomic E-state index is 12.4. The third-order valence-electron chi connectivity index (χ3n) is 3.41. The zero-order valence-electron chi connectivity index (χ0n) is 13.6. The average Bonchev–Trinajstić information content (AvgIpc) is 2.92. The lowest BCUT2D eigenvalue weighted by Crippen LogP contribution is -2.34. The fourth-order valence-corrected chi connectivity index (χ4v) is 2.28. The first kappa shape index (κ1) is 17.1.